The maximum absolute atomic E-state index is 13.2. The molecule has 1 atom stereocenters. The minimum absolute atomic E-state index is 0.171. The molecule has 1 rings (SSSR count). The van der Waals surface area contributed by atoms with Crippen LogP contribution in [0.5, 0.6) is 0 Å². The summed E-state index contributed by atoms with van der Waals surface area (Å²) in [6.45, 7) is 3.19. The number of aliphatic carboxylic acids is 1. The summed E-state index contributed by atoms with van der Waals surface area (Å²) >= 11 is 0. The Morgan fingerprint density at radius 3 is 2.67 bits per heavy atom. The normalized spacial score (nSPS) is 11.7. The average molecular weight is 254 g/mol. The van der Waals surface area contributed by atoms with Crippen molar-refractivity contribution in [3.63, 3.8) is 0 Å². The lowest BCUT2D eigenvalue weighted by Crippen LogP contribution is -2.37. The Kier molecular flexibility index (Phi) is 4.65. The van der Waals surface area contributed by atoms with Crippen LogP contribution in [0.2, 0.25) is 0 Å². The van der Waals surface area contributed by atoms with Gasteiger partial charge >= 0.3 is 12.0 Å². The van der Waals surface area contributed by atoms with Crippen LogP contribution in [-0.4, -0.2) is 23.1 Å². The Labute approximate surface area is 104 Å². The number of halogens is 1. The van der Waals surface area contributed by atoms with Crippen molar-refractivity contribution >= 4 is 17.7 Å². The molecule has 5 nitrogen and oxygen atoms in total. The summed E-state index contributed by atoms with van der Waals surface area (Å²) < 4.78 is 13.2. The number of nitrogens with one attached hydrogen (secondary N) is 2. The third-order valence-corrected chi connectivity index (χ3v) is 2.29. The second-order valence-corrected chi connectivity index (χ2v) is 4.06. The first kappa shape index (κ1) is 14.0. The van der Waals surface area contributed by atoms with E-state index in [0.29, 0.717) is 11.3 Å². The van der Waals surface area contributed by atoms with E-state index in [9.17, 15) is 14.0 Å². The minimum Gasteiger partial charge on any atom is -0.481 e. The smallest absolute Gasteiger partial charge is 0.319 e. The third kappa shape index (κ3) is 4.40. The molecule has 98 valence electrons. The predicted molar refractivity (Wildman–Crippen MR) is 65.0 cm³/mol. The molecule has 0 fully saturated rings. The SMILES string of the molecule is Cc1ccc(NC(=O)NC(C)CC(=O)O)cc1F. The van der Waals surface area contributed by atoms with Crippen LogP contribution in [0, 0.1) is 12.7 Å². The van der Waals surface area contributed by atoms with Gasteiger partial charge in [-0.15, -0.1) is 0 Å². The van der Waals surface area contributed by atoms with Gasteiger partial charge in [-0.1, -0.05) is 6.07 Å². The molecule has 0 spiro atoms. The summed E-state index contributed by atoms with van der Waals surface area (Å²) in [6.07, 6.45) is -0.171. The van der Waals surface area contributed by atoms with Gasteiger partial charge in [-0.05, 0) is 31.5 Å². The van der Waals surface area contributed by atoms with Crippen molar-refractivity contribution in [2.45, 2.75) is 26.3 Å². The number of benzene rings is 1. The van der Waals surface area contributed by atoms with E-state index in [1.807, 2.05) is 0 Å². The lowest BCUT2D eigenvalue weighted by Gasteiger charge is -2.12. The second-order valence-electron chi connectivity index (χ2n) is 4.06. The monoisotopic (exact) mass is 254 g/mol. The van der Waals surface area contributed by atoms with Crippen molar-refractivity contribution < 1.29 is 19.1 Å². The molecule has 0 aliphatic rings. The number of carbonyl (C=O) groups excluding carboxylic acids is 1. The summed E-state index contributed by atoms with van der Waals surface area (Å²) in [4.78, 5) is 21.9. The van der Waals surface area contributed by atoms with Crippen LogP contribution >= 0.6 is 0 Å². The van der Waals surface area contributed by atoms with Crippen LogP contribution in [-0.2, 0) is 4.79 Å². The maximum atomic E-state index is 13.2. The van der Waals surface area contributed by atoms with Crippen molar-refractivity contribution in [1.82, 2.24) is 5.32 Å². The highest BCUT2D eigenvalue weighted by molar-refractivity contribution is 5.89. The summed E-state index contributed by atoms with van der Waals surface area (Å²) in [5, 5.41) is 13.4. The lowest BCUT2D eigenvalue weighted by atomic mass is 10.2. The molecule has 0 saturated heterocycles. The van der Waals surface area contributed by atoms with Crippen molar-refractivity contribution in [3.05, 3.63) is 29.6 Å². The molecule has 0 heterocycles. The van der Waals surface area contributed by atoms with Gasteiger partial charge in [0.05, 0.1) is 6.42 Å². The zero-order chi connectivity index (χ0) is 13.7. The van der Waals surface area contributed by atoms with Gasteiger partial charge in [0.1, 0.15) is 5.82 Å². The fraction of sp³-hybridized carbons (Fsp3) is 0.333. The van der Waals surface area contributed by atoms with Gasteiger partial charge in [0.2, 0.25) is 0 Å². The van der Waals surface area contributed by atoms with Crippen molar-refractivity contribution in [1.29, 1.82) is 0 Å². The molecule has 0 aliphatic heterocycles. The van der Waals surface area contributed by atoms with Gasteiger partial charge in [-0.3, -0.25) is 4.79 Å². The minimum atomic E-state index is -0.996. The van der Waals surface area contributed by atoms with E-state index < -0.39 is 23.9 Å². The quantitative estimate of drug-likeness (QED) is 0.770. The molecule has 3 N–H and O–H groups in total. The summed E-state index contributed by atoms with van der Waals surface area (Å²) in [7, 11) is 0. The number of hydrogen-bond donors (Lipinski definition) is 3. The molecule has 0 saturated carbocycles. The Morgan fingerprint density at radius 1 is 1.44 bits per heavy atom. The predicted octanol–water partition coefficient (Wildman–Crippen LogP) is 2.12. The first-order valence-corrected chi connectivity index (χ1v) is 5.44. The van der Waals surface area contributed by atoms with E-state index in [0.717, 1.165) is 0 Å². The fourth-order valence-electron chi connectivity index (χ4n) is 1.37. The zero-order valence-electron chi connectivity index (χ0n) is 10.2. The van der Waals surface area contributed by atoms with Crippen LogP contribution in [0.4, 0.5) is 14.9 Å². The number of aryl methyl sites for hydroxylation is 1. The van der Waals surface area contributed by atoms with Crippen molar-refractivity contribution in [2.75, 3.05) is 5.32 Å². The van der Waals surface area contributed by atoms with E-state index >= 15 is 0 Å². The number of carbonyl (C=O) groups is 2. The third-order valence-electron chi connectivity index (χ3n) is 2.29. The Bertz CT molecular complexity index is 463. The van der Waals surface area contributed by atoms with E-state index in [4.69, 9.17) is 5.11 Å². The highest BCUT2D eigenvalue weighted by Crippen LogP contribution is 2.13. The van der Waals surface area contributed by atoms with Crippen LogP contribution < -0.4 is 10.6 Å². The molecule has 0 radical (unpaired) electrons. The summed E-state index contributed by atoms with van der Waals surface area (Å²) in [6, 6.07) is 3.26. The topological polar surface area (TPSA) is 78.4 Å². The number of anilines is 1. The number of amides is 2. The molecule has 1 aromatic rings. The van der Waals surface area contributed by atoms with Crippen LogP contribution in [0.1, 0.15) is 18.9 Å². The van der Waals surface area contributed by atoms with Crippen molar-refractivity contribution in [3.8, 4) is 0 Å². The molecule has 1 unspecified atom stereocenters. The molecule has 2 amide bonds. The lowest BCUT2D eigenvalue weighted by molar-refractivity contribution is -0.137. The second kappa shape index (κ2) is 6.00. The van der Waals surface area contributed by atoms with Crippen molar-refractivity contribution in [2.24, 2.45) is 0 Å². The van der Waals surface area contributed by atoms with Gasteiger partial charge in [-0.25, -0.2) is 9.18 Å². The maximum Gasteiger partial charge on any atom is 0.319 e. The molecule has 6 heteroatoms. The first-order valence-electron chi connectivity index (χ1n) is 5.44. The molecule has 1 aromatic carbocycles. The highest BCUT2D eigenvalue weighted by atomic mass is 19.1. The molecule has 18 heavy (non-hydrogen) atoms. The Hall–Kier alpha value is -2.11. The first-order chi connectivity index (χ1) is 8.38. The Morgan fingerprint density at radius 2 is 2.11 bits per heavy atom. The van der Waals surface area contributed by atoms with Crippen LogP contribution in [0.25, 0.3) is 0 Å². The van der Waals surface area contributed by atoms with E-state index in [1.165, 1.54) is 6.07 Å². The standard InChI is InChI=1S/C12H15FN2O3/c1-7-3-4-9(6-10(7)13)15-12(18)14-8(2)5-11(16)17/h3-4,6,8H,5H2,1-2H3,(H,16,17)(H2,14,15,18). The number of hydrogen-bond acceptors (Lipinski definition) is 2. The highest BCUT2D eigenvalue weighted by Gasteiger charge is 2.11. The largest absolute Gasteiger partial charge is 0.481 e. The summed E-state index contributed by atoms with van der Waals surface area (Å²) in [5.74, 6) is -1.41. The van der Waals surface area contributed by atoms with Crippen LogP contribution in [0.3, 0.4) is 0 Å². The van der Waals surface area contributed by atoms with Gasteiger partial charge in [0.25, 0.3) is 0 Å². The molecular formula is C12H15FN2O3. The van der Waals surface area contributed by atoms with Crippen LogP contribution in [0.15, 0.2) is 18.2 Å². The number of carboxylic acid groups (broad SMARTS) is 1. The molecule has 0 bridgehead atoms. The van der Waals surface area contributed by atoms with E-state index in [-0.39, 0.29) is 6.42 Å². The Balaban J connectivity index is 2.54. The van der Waals surface area contributed by atoms with E-state index in [2.05, 4.69) is 10.6 Å². The van der Waals surface area contributed by atoms with Gasteiger partial charge in [-0.2, -0.15) is 0 Å². The van der Waals surface area contributed by atoms with Gasteiger partial charge in [0, 0.05) is 11.7 Å². The molecule has 0 aromatic heterocycles. The van der Waals surface area contributed by atoms with E-state index in [1.54, 1.807) is 26.0 Å². The molecular weight excluding hydrogens is 239 g/mol. The fourth-order valence-corrected chi connectivity index (χ4v) is 1.37. The average Bonchev–Trinajstić information content (AvgIpc) is 2.21. The van der Waals surface area contributed by atoms with Gasteiger partial charge in [0.15, 0.2) is 0 Å². The zero-order valence-corrected chi connectivity index (χ0v) is 10.2. The molecule has 0 aliphatic carbocycles. The number of rotatable bonds is 4. The number of carboxylic acids is 1. The number of urea groups is 1. The summed E-state index contributed by atoms with van der Waals surface area (Å²) in [5.41, 5.74) is 0.804. The van der Waals surface area contributed by atoms with Gasteiger partial charge < -0.3 is 15.7 Å².